The molecule has 2 aliphatic rings. The van der Waals surface area contributed by atoms with Crippen LogP contribution in [-0.2, 0) is 4.79 Å². The van der Waals surface area contributed by atoms with E-state index in [9.17, 15) is 4.79 Å². The SMILES string of the molecule is Cc1cnc(N2CCC3(CC2)C(c2ccccc2)CC(=O)N3C)nc1. The standard InChI is InChI=1S/C20H24N4O/c1-15-13-21-19(22-14-15)24-10-8-20(9-11-24)17(12-18(25)23(20)2)16-6-4-3-5-7-16/h3-7,13-14,17H,8-12H2,1-2H3. The largest absolute Gasteiger partial charge is 0.341 e. The molecule has 3 heterocycles. The Balaban J connectivity index is 1.58. The molecule has 0 N–H and O–H groups in total. The molecule has 1 aromatic heterocycles. The van der Waals surface area contributed by atoms with E-state index in [0.717, 1.165) is 37.4 Å². The number of nitrogens with zero attached hydrogens (tertiary/aromatic N) is 4. The van der Waals surface area contributed by atoms with E-state index < -0.39 is 0 Å². The van der Waals surface area contributed by atoms with Crippen LogP contribution in [0.5, 0.6) is 0 Å². The van der Waals surface area contributed by atoms with E-state index in [0.29, 0.717) is 6.42 Å². The normalized spacial score (nSPS) is 22.6. The van der Waals surface area contributed by atoms with E-state index in [4.69, 9.17) is 0 Å². The van der Waals surface area contributed by atoms with Crippen LogP contribution in [0.2, 0.25) is 0 Å². The smallest absolute Gasteiger partial charge is 0.225 e. The molecule has 0 bridgehead atoms. The van der Waals surface area contributed by atoms with Gasteiger partial charge in [0.15, 0.2) is 0 Å². The molecule has 130 valence electrons. The number of aromatic nitrogens is 2. The van der Waals surface area contributed by atoms with Gasteiger partial charge in [-0.05, 0) is 30.9 Å². The van der Waals surface area contributed by atoms with E-state index in [1.54, 1.807) is 0 Å². The van der Waals surface area contributed by atoms with Crippen molar-refractivity contribution < 1.29 is 4.79 Å². The molecule has 0 aliphatic carbocycles. The summed E-state index contributed by atoms with van der Waals surface area (Å²) in [4.78, 5) is 25.7. The number of amides is 1. The highest BCUT2D eigenvalue weighted by Crippen LogP contribution is 2.48. The fraction of sp³-hybridized carbons (Fsp3) is 0.450. The molecular weight excluding hydrogens is 312 g/mol. The molecule has 2 fully saturated rings. The molecule has 2 aromatic rings. The molecule has 2 saturated heterocycles. The minimum atomic E-state index is -0.0837. The first kappa shape index (κ1) is 16.1. The van der Waals surface area contributed by atoms with Crippen molar-refractivity contribution in [1.82, 2.24) is 14.9 Å². The lowest BCUT2D eigenvalue weighted by molar-refractivity contribution is -0.130. The zero-order chi connectivity index (χ0) is 17.4. The quantitative estimate of drug-likeness (QED) is 0.846. The van der Waals surface area contributed by atoms with Crippen LogP contribution in [0, 0.1) is 6.92 Å². The molecule has 4 rings (SSSR count). The summed E-state index contributed by atoms with van der Waals surface area (Å²) >= 11 is 0. The summed E-state index contributed by atoms with van der Waals surface area (Å²) < 4.78 is 0. The Morgan fingerprint density at radius 2 is 1.72 bits per heavy atom. The van der Waals surface area contributed by atoms with Crippen molar-refractivity contribution in [1.29, 1.82) is 0 Å². The van der Waals surface area contributed by atoms with Crippen molar-refractivity contribution in [2.75, 3.05) is 25.0 Å². The number of hydrogen-bond donors (Lipinski definition) is 0. The third-order valence-corrected chi connectivity index (χ3v) is 5.95. The van der Waals surface area contributed by atoms with Gasteiger partial charge in [-0.3, -0.25) is 4.79 Å². The van der Waals surface area contributed by atoms with E-state index in [2.05, 4.69) is 39.1 Å². The second-order valence-corrected chi connectivity index (χ2v) is 7.27. The van der Waals surface area contributed by atoms with E-state index >= 15 is 0 Å². The van der Waals surface area contributed by atoms with Crippen molar-refractivity contribution in [3.05, 3.63) is 53.9 Å². The monoisotopic (exact) mass is 336 g/mol. The van der Waals surface area contributed by atoms with Crippen LogP contribution in [0.4, 0.5) is 5.95 Å². The van der Waals surface area contributed by atoms with Crippen LogP contribution >= 0.6 is 0 Å². The van der Waals surface area contributed by atoms with Gasteiger partial charge in [0.1, 0.15) is 0 Å². The predicted molar refractivity (Wildman–Crippen MR) is 97.5 cm³/mol. The molecular formula is C20H24N4O. The number of carbonyl (C=O) groups is 1. The van der Waals surface area contributed by atoms with Gasteiger partial charge in [-0.2, -0.15) is 0 Å². The Kier molecular flexibility index (Phi) is 3.94. The fourth-order valence-electron chi connectivity index (χ4n) is 4.42. The molecule has 25 heavy (non-hydrogen) atoms. The van der Waals surface area contributed by atoms with Gasteiger partial charge >= 0.3 is 0 Å². The number of piperidine rings is 1. The Morgan fingerprint density at radius 1 is 1.08 bits per heavy atom. The summed E-state index contributed by atoms with van der Waals surface area (Å²) in [5.74, 6) is 1.32. The van der Waals surface area contributed by atoms with Crippen LogP contribution < -0.4 is 4.90 Å². The maximum absolute atomic E-state index is 12.5. The lowest BCUT2D eigenvalue weighted by atomic mass is 9.74. The Morgan fingerprint density at radius 3 is 2.36 bits per heavy atom. The maximum Gasteiger partial charge on any atom is 0.225 e. The van der Waals surface area contributed by atoms with Gasteiger partial charge in [0.05, 0.1) is 5.54 Å². The Labute approximate surface area is 148 Å². The average Bonchev–Trinajstić information content (AvgIpc) is 2.89. The molecule has 0 radical (unpaired) electrons. The molecule has 1 unspecified atom stereocenters. The summed E-state index contributed by atoms with van der Waals surface area (Å²) in [6, 6.07) is 10.5. The van der Waals surface area contributed by atoms with Crippen molar-refractivity contribution in [3.8, 4) is 0 Å². The fourth-order valence-corrected chi connectivity index (χ4v) is 4.42. The number of likely N-dealkylation sites (N-methyl/N-ethyl adjacent to an activating group) is 1. The molecule has 1 aromatic carbocycles. The number of benzene rings is 1. The molecule has 5 nitrogen and oxygen atoms in total. The zero-order valence-electron chi connectivity index (χ0n) is 14.9. The van der Waals surface area contributed by atoms with Gasteiger partial charge in [-0.15, -0.1) is 0 Å². The highest BCUT2D eigenvalue weighted by atomic mass is 16.2. The van der Waals surface area contributed by atoms with E-state index in [-0.39, 0.29) is 17.4 Å². The van der Waals surface area contributed by atoms with E-state index in [1.807, 2.05) is 37.3 Å². The van der Waals surface area contributed by atoms with Crippen molar-refractivity contribution in [2.24, 2.45) is 0 Å². The van der Waals surface area contributed by atoms with Gasteiger partial charge in [-0.1, -0.05) is 30.3 Å². The van der Waals surface area contributed by atoms with E-state index in [1.165, 1.54) is 5.56 Å². The van der Waals surface area contributed by atoms with Crippen molar-refractivity contribution >= 4 is 11.9 Å². The number of likely N-dealkylation sites (tertiary alicyclic amines) is 1. The minimum Gasteiger partial charge on any atom is -0.341 e. The second-order valence-electron chi connectivity index (χ2n) is 7.27. The molecule has 1 atom stereocenters. The molecule has 1 spiro atoms. The molecule has 2 aliphatic heterocycles. The first-order valence-corrected chi connectivity index (χ1v) is 8.95. The van der Waals surface area contributed by atoms with Crippen LogP contribution in [0.3, 0.4) is 0 Å². The van der Waals surface area contributed by atoms with Gasteiger partial charge in [0.2, 0.25) is 11.9 Å². The average molecular weight is 336 g/mol. The second kappa shape index (κ2) is 6.14. The lowest BCUT2D eigenvalue weighted by Crippen LogP contribution is -2.54. The van der Waals surface area contributed by atoms with Gasteiger partial charge in [0, 0.05) is 44.9 Å². The third kappa shape index (κ3) is 2.68. The molecule has 0 saturated carbocycles. The topological polar surface area (TPSA) is 49.3 Å². The summed E-state index contributed by atoms with van der Waals surface area (Å²) in [7, 11) is 1.98. The van der Waals surface area contributed by atoms with Crippen molar-refractivity contribution in [2.45, 2.75) is 37.6 Å². The zero-order valence-corrected chi connectivity index (χ0v) is 14.9. The molecule has 1 amide bonds. The van der Waals surface area contributed by atoms with Gasteiger partial charge in [0.25, 0.3) is 0 Å². The number of carbonyl (C=O) groups excluding carboxylic acids is 1. The number of hydrogen-bond acceptors (Lipinski definition) is 4. The lowest BCUT2D eigenvalue weighted by Gasteiger charge is -2.46. The number of anilines is 1. The highest BCUT2D eigenvalue weighted by Gasteiger charge is 2.52. The summed E-state index contributed by atoms with van der Waals surface area (Å²) in [5.41, 5.74) is 2.27. The van der Waals surface area contributed by atoms with Crippen LogP contribution in [0.25, 0.3) is 0 Å². The highest BCUT2D eigenvalue weighted by molar-refractivity contribution is 5.81. The van der Waals surface area contributed by atoms with Gasteiger partial charge < -0.3 is 9.80 Å². The third-order valence-electron chi connectivity index (χ3n) is 5.95. The predicted octanol–water partition coefficient (Wildman–Crippen LogP) is 2.77. The minimum absolute atomic E-state index is 0.0837. The summed E-state index contributed by atoms with van der Waals surface area (Å²) in [6.45, 7) is 3.76. The Hall–Kier alpha value is -2.43. The van der Waals surface area contributed by atoms with Gasteiger partial charge in [-0.25, -0.2) is 9.97 Å². The first-order chi connectivity index (χ1) is 12.1. The first-order valence-electron chi connectivity index (χ1n) is 8.95. The summed E-state index contributed by atoms with van der Waals surface area (Å²) in [5, 5.41) is 0. The Bertz CT molecular complexity index is 751. The van der Waals surface area contributed by atoms with Crippen LogP contribution in [0.15, 0.2) is 42.7 Å². The molecule has 5 heteroatoms. The number of rotatable bonds is 2. The summed E-state index contributed by atoms with van der Waals surface area (Å²) in [6.07, 6.45) is 6.25. The van der Waals surface area contributed by atoms with Crippen LogP contribution in [0.1, 0.15) is 36.3 Å². The van der Waals surface area contributed by atoms with Crippen molar-refractivity contribution in [3.63, 3.8) is 0 Å². The maximum atomic E-state index is 12.5. The number of aryl methyl sites for hydroxylation is 1. The van der Waals surface area contributed by atoms with Crippen LogP contribution in [-0.4, -0.2) is 46.5 Å².